The van der Waals surface area contributed by atoms with Crippen molar-refractivity contribution in [2.75, 3.05) is 5.75 Å². The van der Waals surface area contributed by atoms with Gasteiger partial charge in [-0.25, -0.2) is 0 Å². The van der Waals surface area contributed by atoms with Crippen molar-refractivity contribution in [3.05, 3.63) is 35.9 Å². The maximum absolute atomic E-state index is 9.25. The molecule has 0 aliphatic heterocycles. The van der Waals surface area contributed by atoms with E-state index in [0.717, 1.165) is 5.56 Å². The summed E-state index contributed by atoms with van der Waals surface area (Å²) < 4.78 is 0. The average Bonchev–Trinajstić information content (AvgIpc) is 2.05. The lowest BCUT2D eigenvalue weighted by molar-refractivity contribution is 0.204. The monoisotopic (exact) mass is 154 g/mol. The predicted molar refractivity (Wildman–Crippen MR) is 45.3 cm³/mol. The third-order valence-electron chi connectivity index (χ3n) is 1.36. The molecule has 0 spiro atoms. The Morgan fingerprint density at radius 1 is 1.30 bits per heavy atom. The van der Waals surface area contributed by atoms with Crippen molar-refractivity contribution in [3.63, 3.8) is 0 Å². The molecule has 1 aromatic carbocycles. The van der Waals surface area contributed by atoms with Gasteiger partial charge in [-0.2, -0.15) is 12.6 Å². The molecule has 1 N–H and O–H groups in total. The Bertz CT molecular complexity index is 186. The molecule has 1 aromatic rings. The van der Waals surface area contributed by atoms with Crippen LogP contribution in [0.3, 0.4) is 0 Å². The lowest BCUT2D eigenvalue weighted by Crippen LogP contribution is -1.97. The molecule has 0 unspecified atom stereocenters. The minimum Gasteiger partial charge on any atom is -0.388 e. The number of benzene rings is 1. The fraction of sp³-hybridized carbons (Fsp3) is 0.250. The Morgan fingerprint density at radius 2 is 1.90 bits per heavy atom. The summed E-state index contributed by atoms with van der Waals surface area (Å²) in [5, 5.41) is 9.25. The molecule has 0 saturated carbocycles. The second-order valence-electron chi connectivity index (χ2n) is 2.11. The van der Waals surface area contributed by atoms with E-state index in [2.05, 4.69) is 12.6 Å². The summed E-state index contributed by atoms with van der Waals surface area (Å²) in [7, 11) is 0. The molecule has 0 aliphatic carbocycles. The van der Waals surface area contributed by atoms with Crippen LogP contribution in [0.25, 0.3) is 0 Å². The molecule has 0 aromatic heterocycles. The van der Waals surface area contributed by atoms with Crippen LogP contribution < -0.4 is 0 Å². The molecule has 0 aliphatic rings. The summed E-state index contributed by atoms with van der Waals surface area (Å²) in [6, 6.07) is 9.51. The van der Waals surface area contributed by atoms with Crippen LogP contribution >= 0.6 is 12.6 Å². The van der Waals surface area contributed by atoms with E-state index >= 15 is 0 Å². The first kappa shape index (κ1) is 7.63. The molecule has 1 atom stereocenters. The molecule has 0 fully saturated rings. The summed E-state index contributed by atoms with van der Waals surface area (Å²) in [5.41, 5.74) is 0.928. The van der Waals surface area contributed by atoms with E-state index in [-0.39, 0.29) is 0 Å². The highest BCUT2D eigenvalue weighted by molar-refractivity contribution is 7.80. The molecule has 0 saturated heterocycles. The van der Waals surface area contributed by atoms with Gasteiger partial charge in [0.1, 0.15) is 0 Å². The zero-order chi connectivity index (χ0) is 7.40. The normalized spacial score (nSPS) is 13.0. The fourth-order valence-corrected chi connectivity index (χ4v) is 0.991. The van der Waals surface area contributed by atoms with Crippen molar-refractivity contribution in [2.45, 2.75) is 6.10 Å². The first-order valence-electron chi connectivity index (χ1n) is 3.18. The molecule has 2 heteroatoms. The van der Waals surface area contributed by atoms with Gasteiger partial charge < -0.3 is 5.11 Å². The van der Waals surface area contributed by atoms with Crippen LogP contribution in [-0.4, -0.2) is 10.9 Å². The van der Waals surface area contributed by atoms with Crippen molar-refractivity contribution in [1.29, 1.82) is 0 Å². The van der Waals surface area contributed by atoms with Gasteiger partial charge in [-0.1, -0.05) is 30.3 Å². The van der Waals surface area contributed by atoms with Gasteiger partial charge in [0.05, 0.1) is 6.10 Å². The number of aliphatic hydroxyl groups is 1. The van der Waals surface area contributed by atoms with E-state index in [1.807, 2.05) is 30.3 Å². The average molecular weight is 154 g/mol. The van der Waals surface area contributed by atoms with Crippen LogP contribution in [0.4, 0.5) is 0 Å². The molecular weight excluding hydrogens is 144 g/mol. The van der Waals surface area contributed by atoms with Crippen molar-refractivity contribution in [3.8, 4) is 0 Å². The Morgan fingerprint density at radius 3 is 2.40 bits per heavy atom. The van der Waals surface area contributed by atoms with Crippen molar-refractivity contribution in [2.24, 2.45) is 0 Å². The van der Waals surface area contributed by atoms with Crippen molar-refractivity contribution < 1.29 is 5.11 Å². The minimum atomic E-state index is -0.426. The number of hydrogen-bond acceptors (Lipinski definition) is 2. The molecule has 1 rings (SSSR count). The van der Waals surface area contributed by atoms with Gasteiger partial charge in [0, 0.05) is 5.75 Å². The van der Waals surface area contributed by atoms with Crippen LogP contribution in [0.15, 0.2) is 30.3 Å². The molecule has 0 bridgehead atoms. The number of aliphatic hydroxyl groups excluding tert-OH is 1. The van der Waals surface area contributed by atoms with Gasteiger partial charge in [0.25, 0.3) is 0 Å². The zero-order valence-electron chi connectivity index (χ0n) is 5.57. The first-order valence-corrected chi connectivity index (χ1v) is 3.81. The van der Waals surface area contributed by atoms with E-state index < -0.39 is 6.10 Å². The Labute approximate surface area is 66.1 Å². The van der Waals surface area contributed by atoms with Gasteiger partial charge in [0.15, 0.2) is 0 Å². The molecule has 0 heterocycles. The van der Waals surface area contributed by atoms with Crippen LogP contribution in [-0.2, 0) is 0 Å². The van der Waals surface area contributed by atoms with Crippen LogP contribution in [0, 0.1) is 0 Å². The third-order valence-corrected chi connectivity index (χ3v) is 1.70. The number of hydrogen-bond donors (Lipinski definition) is 2. The molecule has 10 heavy (non-hydrogen) atoms. The summed E-state index contributed by atoms with van der Waals surface area (Å²) in [4.78, 5) is 0. The predicted octanol–water partition coefficient (Wildman–Crippen LogP) is 1.65. The van der Waals surface area contributed by atoms with Gasteiger partial charge in [0.2, 0.25) is 0 Å². The fourth-order valence-electron chi connectivity index (χ4n) is 0.781. The number of rotatable bonds is 2. The Balaban J connectivity index is 2.75. The SMILES string of the molecule is O[C@@H](CS)c1ccccc1. The molecule has 0 radical (unpaired) electrons. The maximum Gasteiger partial charge on any atom is 0.0877 e. The van der Waals surface area contributed by atoms with Gasteiger partial charge in [-0.15, -0.1) is 0 Å². The van der Waals surface area contributed by atoms with Gasteiger partial charge in [-0.3, -0.25) is 0 Å². The molecule has 1 nitrogen and oxygen atoms in total. The summed E-state index contributed by atoms with van der Waals surface area (Å²) in [6.07, 6.45) is -0.426. The summed E-state index contributed by atoms with van der Waals surface area (Å²) >= 11 is 3.98. The molecule has 54 valence electrons. The van der Waals surface area contributed by atoms with E-state index in [4.69, 9.17) is 0 Å². The Kier molecular flexibility index (Phi) is 2.78. The minimum absolute atomic E-state index is 0.426. The van der Waals surface area contributed by atoms with Crippen LogP contribution in [0.5, 0.6) is 0 Å². The smallest absolute Gasteiger partial charge is 0.0877 e. The summed E-state index contributed by atoms with van der Waals surface area (Å²) in [5.74, 6) is 0.476. The topological polar surface area (TPSA) is 20.2 Å². The maximum atomic E-state index is 9.25. The highest BCUT2D eigenvalue weighted by Gasteiger charge is 2.01. The van der Waals surface area contributed by atoms with Crippen molar-refractivity contribution in [1.82, 2.24) is 0 Å². The van der Waals surface area contributed by atoms with Crippen LogP contribution in [0.1, 0.15) is 11.7 Å². The van der Waals surface area contributed by atoms with Gasteiger partial charge >= 0.3 is 0 Å². The third kappa shape index (κ3) is 1.75. The zero-order valence-corrected chi connectivity index (χ0v) is 6.46. The van der Waals surface area contributed by atoms with E-state index in [1.165, 1.54) is 0 Å². The molecular formula is C8H10OS. The number of thiol groups is 1. The highest BCUT2D eigenvalue weighted by atomic mass is 32.1. The summed E-state index contributed by atoms with van der Waals surface area (Å²) in [6.45, 7) is 0. The largest absolute Gasteiger partial charge is 0.388 e. The highest BCUT2D eigenvalue weighted by Crippen LogP contribution is 2.12. The van der Waals surface area contributed by atoms with Crippen molar-refractivity contribution >= 4 is 12.6 Å². The second kappa shape index (κ2) is 3.64. The van der Waals surface area contributed by atoms with E-state index in [0.29, 0.717) is 5.75 Å². The second-order valence-corrected chi connectivity index (χ2v) is 2.47. The van der Waals surface area contributed by atoms with E-state index in [1.54, 1.807) is 0 Å². The quantitative estimate of drug-likeness (QED) is 0.621. The Hall–Kier alpha value is -0.470. The van der Waals surface area contributed by atoms with E-state index in [9.17, 15) is 5.11 Å². The molecule has 0 amide bonds. The standard InChI is InChI=1S/C8H10OS/c9-8(6-10)7-4-2-1-3-5-7/h1-5,8-10H,6H2/t8-/m0/s1. The first-order chi connectivity index (χ1) is 4.84. The van der Waals surface area contributed by atoms with Crippen LogP contribution in [0.2, 0.25) is 0 Å². The van der Waals surface area contributed by atoms with Gasteiger partial charge in [-0.05, 0) is 5.56 Å². The lowest BCUT2D eigenvalue weighted by Gasteiger charge is -2.05. The lowest BCUT2D eigenvalue weighted by atomic mass is 10.1.